The summed E-state index contributed by atoms with van der Waals surface area (Å²) in [5.74, 6) is -0.0139. The van der Waals surface area contributed by atoms with E-state index < -0.39 is 6.08 Å². The lowest BCUT2D eigenvalue weighted by Gasteiger charge is -2.13. The van der Waals surface area contributed by atoms with Gasteiger partial charge >= 0.3 is 0 Å². The molecule has 2 rings (SSSR count). The van der Waals surface area contributed by atoms with E-state index in [4.69, 9.17) is 6.11 Å². The fourth-order valence-electron chi connectivity index (χ4n) is 1.61. The van der Waals surface area contributed by atoms with Crippen LogP contribution < -0.4 is 0 Å². The van der Waals surface area contributed by atoms with Crippen molar-refractivity contribution >= 4 is 5.78 Å². The van der Waals surface area contributed by atoms with Crippen molar-refractivity contribution in [1.29, 1.82) is 0 Å². The number of Topliss-reactive ketones (excluding diaryl/α,β-unsaturated/α-hetero) is 1. The van der Waals surface area contributed by atoms with Gasteiger partial charge in [-0.05, 0) is 6.42 Å². The van der Waals surface area contributed by atoms with E-state index in [2.05, 4.69) is 0 Å². The van der Waals surface area contributed by atoms with Crippen molar-refractivity contribution in [2.24, 2.45) is 0 Å². The molecule has 16 heavy (non-hydrogen) atoms. The number of carbonyl (C=O) groups is 1. The Labute approximate surface area is 96.6 Å². The van der Waals surface area contributed by atoms with Crippen LogP contribution in [-0.2, 0) is 4.74 Å². The molecule has 1 aromatic rings. The van der Waals surface area contributed by atoms with E-state index in [0.29, 0.717) is 17.6 Å². The predicted molar refractivity (Wildman–Crippen MR) is 63.4 cm³/mol. The Bertz CT molecular complexity index is 476. The molecule has 2 nitrogen and oxygen atoms in total. The van der Waals surface area contributed by atoms with Crippen LogP contribution in [0.5, 0.6) is 0 Å². The van der Waals surface area contributed by atoms with Gasteiger partial charge in [-0.2, -0.15) is 0 Å². The highest BCUT2D eigenvalue weighted by Crippen LogP contribution is 2.17. The zero-order valence-electron chi connectivity index (χ0n) is 10.1. The van der Waals surface area contributed by atoms with E-state index in [0.717, 1.165) is 0 Å². The number of carbonyl (C=O) groups excluding carboxylic acids is 1. The van der Waals surface area contributed by atoms with Crippen molar-refractivity contribution in [3.05, 3.63) is 59.7 Å². The Morgan fingerprint density at radius 2 is 2.19 bits per heavy atom. The monoisotopic (exact) mass is 215 g/mol. The molecule has 1 atom stereocenters. The zero-order valence-corrected chi connectivity index (χ0v) is 9.14. The molecule has 0 spiro atoms. The zero-order chi connectivity index (χ0) is 12.3. The third-order valence-corrected chi connectivity index (χ3v) is 2.53. The van der Waals surface area contributed by atoms with Crippen molar-refractivity contribution in [1.82, 2.24) is 0 Å². The van der Waals surface area contributed by atoms with E-state index in [1.54, 1.807) is 30.4 Å². The van der Waals surface area contributed by atoms with Gasteiger partial charge in [0.15, 0.2) is 5.78 Å². The fraction of sp³-hybridized carbons (Fsp3) is 0.214. The van der Waals surface area contributed by atoms with Gasteiger partial charge in [0.05, 0.1) is 7.45 Å². The van der Waals surface area contributed by atoms with Gasteiger partial charge in [0.25, 0.3) is 0 Å². The molecule has 82 valence electrons. The summed E-state index contributed by atoms with van der Waals surface area (Å²) in [6, 6.07) is 9.13. The molecule has 0 radical (unpaired) electrons. The molecule has 0 aromatic heterocycles. The first kappa shape index (κ1) is 9.55. The standard InChI is InChI=1S/C14H14O2/c1-16-13-9-7-12(8-10-13)14(15)11-5-3-2-4-6-11/h2-9,13H,10H2,1H3/i13D. The van der Waals surface area contributed by atoms with E-state index in [-0.39, 0.29) is 5.78 Å². The van der Waals surface area contributed by atoms with Gasteiger partial charge in [0, 0.05) is 18.2 Å². The van der Waals surface area contributed by atoms with Gasteiger partial charge < -0.3 is 4.74 Å². The minimum Gasteiger partial charge on any atom is -0.377 e. The molecule has 0 saturated heterocycles. The predicted octanol–water partition coefficient (Wildman–Crippen LogP) is 2.77. The lowest BCUT2D eigenvalue weighted by Crippen LogP contribution is -2.12. The van der Waals surface area contributed by atoms with Crippen molar-refractivity contribution in [3.8, 4) is 0 Å². The van der Waals surface area contributed by atoms with Gasteiger partial charge in [0.2, 0.25) is 0 Å². The summed E-state index contributed by atoms with van der Waals surface area (Å²) in [5, 5.41) is 0. The lowest BCUT2D eigenvalue weighted by molar-refractivity contribution is 0.103. The van der Waals surface area contributed by atoms with Crippen molar-refractivity contribution in [3.63, 3.8) is 0 Å². The normalized spacial score (nSPS) is 24.8. The van der Waals surface area contributed by atoms with E-state index in [1.807, 2.05) is 18.2 Å². The summed E-state index contributed by atoms with van der Waals surface area (Å²) in [5.41, 5.74) is 1.29. The smallest absolute Gasteiger partial charge is 0.192 e. The Morgan fingerprint density at radius 1 is 1.44 bits per heavy atom. The maximum atomic E-state index is 12.1. The van der Waals surface area contributed by atoms with Gasteiger partial charge in [0.1, 0.15) is 0 Å². The largest absolute Gasteiger partial charge is 0.377 e. The van der Waals surface area contributed by atoms with Gasteiger partial charge in [-0.3, -0.25) is 4.79 Å². The first-order chi connectivity index (χ1) is 8.14. The summed E-state index contributed by atoms with van der Waals surface area (Å²) in [7, 11) is 1.50. The summed E-state index contributed by atoms with van der Waals surface area (Å²) in [6.07, 6.45) is 4.40. The number of hydrogen-bond donors (Lipinski definition) is 0. The van der Waals surface area contributed by atoms with E-state index in [9.17, 15) is 4.79 Å². The SMILES string of the molecule is [2H]C1(OC)C=CC(C(=O)c2ccccc2)=CC1. The number of ether oxygens (including phenoxy) is 1. The molecule has 0 aliphatic heterocycles. The first-order valence-corrected chi connectivity index (χ1v) is 5.19. The molecule has 1 unspecified atom stereocenters. The highest BCUT2D eigenvalue weighted by molar-refractivity contribution is 6.10. The molecule has 1 aromatic carbocycles. The van der Waals surface area contributed by atoms with Gasteiger partial charge in [-0.25, -0.2) is 0 Å². The Hall–Kier alpha value is -1.67. The van der Waals surface area contributed by atoms with Crippen molar-refractivity contribution in [2.75, 3.05) is 7.11 Å². The van der Waals surface area contributed by atoms with E-state index >= 15 is 0 Å². The number of hydrogen-bond acceptors (Lipinski definition) is 2. The maximum absolute atomic E-state index is 12.1. The Kier molecular flexibility index (Phi) is 2.93. The van der Waals surface area contributed by atoms with Crippen LogP contribution in [0, 0.1) is 0 Å². The lowest BCUT2D eigenvalue weighted by atomic mass is 9.97. The number of ketones is 1. The summed E-state index contributed by atoms with van der Waals surface area (Å²) in [4.78, 5) is 12.1. The second-order valence-electron chi connectivity index (χ2n) is 3.56. The van der Waals surface area contributed by atoms with Crippen LogP contribution in [0.1, 0.15) is 18.1 Å². The third kappa shape index (κ3) is 2.28. The second kappa shape index (κ2) is 4.90. The number of methoxy groups -OCH3 is 1. The van der Waals surface area contributed by atoms with Crippen LogP contribution in [0.3, 0.4) is 0 Å². The molecule has 0 bridgehead atoms. The molecule has 1 aliphatic carbocycles. The number of allylic oxidation sites excluding steroid dienone is 2. The van der Waals surface area contributed by atoms with Crippen molar-refractivity contribution < 1.29 is 10.9 Å². The average Bonchev–Trinajstić information content (AvgIpc) is 2.40. The molecular formula is C14H14O2. The Balaban J connectivity index is 2.17. The van der Waals surface area contributed by atoms with Crippen LogP contribution >= 0.6 is 0 Å². The second-order valence-corrected chi connectivity index (χ2v) is 3.56. The van der Waals surface area contributed by atoms with E-state index in [1.165, 1.54) is 7.11 Å². The molecule has 0 N–H and O–H groups in total. The topological polar surface area (TPSA) is 26.3 Å². The molecule has 1 aliphatic rings. The molecule has 0 heterocycles. The van der Waals surface area contributed by atoms with Crippen LogP contribution in [0.25, 0.3) is 0 Å². The molecule has 0 saturated carbocycles. The summed E-state index contributed by atoms with van der Waals surface area (Å²) in [6.45, 7) is 0. The molecular weight excluding hydrogens is 200 g/mol. The maximum Gasteiger partial charge on any atom is 0.192 e. The van der Waals surface area contributed by atoms with Crippen molar-refractivity contribution in [2.45, 2.75) is 12.5 Å². The average molecular weight is 215 g/mol. The minimum atomic E-state index is -1.03. The number of rotatable bonds is 3. The highest BCUT2D eigenvalue weighted by atomic mass is 16.5. The highest BCUT2D eigenvalue weighted by Gasteiger charge is 2.14. The Morgan fingerprint density at radius 3 is 2.75 bits per heavy atom. The summed E-state index contributed by atoms with van der Waals surface area (Å²) >= 11 is 0. The fourth-order valence-corrected chi connectivity index (χ4v) is 1.61. The van der Waals surface area contributed by atoms with Crippen LogP contribution in [-0.4, -0.2) is 19.0 Å². The number of benzene rings is 1. The molecule has 2 heteroatoms. The van der Waals surface area contributed by atoms with Crippen LogP contribution in [0.4, 0.5) is 0 Å². The van der Waals surface area contributed by atoms with Crippen LogP contribution in [0.2, 0.25) is 0 Å². The summed E-state index contributed by atoms with van der Waals surface area (Å²) < 4.78 is 12.9. The van der Waals surface area contributed by atoms with Crippen LogP contribution in [0.15, 0.2) is 54.1 Å². The molecule has 0 amide bonds. The minimum absolute atomic E-state index is 0.0139. The molecule has 0 fully saturated rings. The first-order valence-electron chi connectivity index (χ1n) is 5.69. The third-order valence-electron chi connectivity index (χ3n) is 2.53. The van der Waals surface area contributed by atoms with Gasteiger partial charge in [-0.1, -0.05) is 48.6 Å². The van der Waals surface area contributed by atoms with Gasteiger partial charge in [-0.15, -0.1) is 0 Å². The quantitative estimate of drug-likeness (QED) is 0.725.